The zero-order valence-electron chi connectivity index (χ0n) is 75.5. The molecule has 0 bridgehead atoms. The predicted molar refractivity (Wildman–Crippen MR) is 536 cm³/mol. The van der Waals surface area contributed by atoms with E-state index in [9.17, 15) is 0 Å². The van der Waals surface area contributed by atoms with E-state index in [1.807, 2.05) is 0 Å². The van der Waals surface area contributed by atoms with Gasteiger partial charge >= 0.3 is 0 Å². The van der Waals surface area contributed by atoms with Gasteiger partial charge in [-0.1, -0.05) is 287 Å². The quantitative estimate of drug-likeness (QED) is 0.135. The van der Waals surface area contributed by atoms with Crippen molar-refractivity contribution in [2.24, 2.45) is 23.7 Å². The molecule has 4 heterocycles. The molecule has 4 fully saturated rings. The maximum atomic E-state index is 2.77. The first kappa shape index (κ1) is 76.5. The fraction of sp³-hybridized carbons (Fsp3) is 0.295. The van der Waals surface area contributed by atoms with Crippen molar-refractivity contribution in [3.05, 3.63) is 326 Å². The van der Waals surface area contributed by atoms with E-state index < -0.39 is 0 Å². The SMILES string of the molecule is CC1CCCC2(C)c3cc(-c4ccc5c6c(-c7ccccc7)c7c8ccc(-c9ccc%10c(c9)C9(C)CCCC(C)C9(C)N%10c9ccccc9)c9c(-c%10ccc%11c(c%10)C%10(C)CCCC(C)C%10(C)N%11c%10ccccc%10)ccc(c7c(-c7ccccc7)c6c6ccc(-c7ccc%10c(c7)C7(C)CCCC(C)C7(C)N%10c7ccccc7)c4c56)c98)ccc3N(c3ccccc3)C12C. The molecule has 12 unspecified atom stereocenters. The molecule has 126 heavy (non-hydrogen) atoms. The van der Waals surface area contributed by atoms with Crippen LogP contribution in [0.2, 0.25) is 0 Å². The molecule has 17 aromatic rings. The van der Waals surface area contributed by atoms with Crippen LogP contribution in [0.3, 0.4) is 0 Å². The van der Waals surface area contributed by atoms with Crippen LogP contribution in [0.25, 0.3) is 131 Å². The lowest BCUT2D eigenvalue weighted by Gasteiger charge is -2.54. The summed E-state index contributed by atoms with van der Waals surface area (Å²) in [5.74, 6) is 1.89. The summed E-state index contributed by atoms with van der Waals surface area (Å²) in [5, 5.41) is 15.9. The van der Waals surface area contributed by atoms with Gasteiger partial charge in [0.2, 0.25) is 0 Å². The van der Waals surface area contributed by atoms with Crippen LogP contribution < -0.4 is 19.6 Å². The monoisotopic (exact) mass is 1630 g/mol. The maximum Gasteiger partial charge on any atom is 0.0543 e. The molecule has 0 aromatic heterocycles. The molecule has 0 radical (unpaired) electrons. The van der Waals surface area contributed by atoms with Crippen LogP contribution >= 0.6 is 0 Å². The molecule has 4 aliphatic carbocycles. The Morgan fingerprint density at radius 3 is 0.651 bits per heavy atom. The van der Waals surface area contributed by atoms with Gasteiger partial charge < -0.3 is 19.6 Å². The molecule has 17 aromatic carbocycles. The highest BCUT2D eigenvalue weighted by atomic mass is 15.3. The van der Waals surface area contributed by atoms with Gasteiger partial charge in [0.05, 0.1) is 22.2 Å². The zero-order valence-corrected chi connectivity index (χ0v) is 75.5. The number of hydrogen-bond donors (Lipinski definition) is 0. The van der Waals surface area contributed by atoms with Crippen molar-refractivity contribution in [1.29, 1.82) is 0 Å². The third kappa shape index (κ3) is 9.56. The lowest BCUT2D eigenvalue weighted by Crippen LogP contribution is -2.59. The molecule has 622 valence electrons. The van der Waals surface area contributed by atoms with Crippen LogP contribution in [0.4, 0.5) is 45.5 Å². The fourth-order valence-corrected chi connectivity index (χ4v) is 29.6. The fourth-order valence-electron chi connectivity index (χ4n) is 29.6. The van der Waals surface area contributed by atoms with Crippen LogP contribution in [0.5, 0.6) is 0 Å². The minimum absolute atomic E-state index is 0.111. The minimum Gasteiger partial charge on any atom is -0.334 e. The summed E-state index contributed by atoms with van der Waals surface area (Å²) in [5.41, 5.74) is 30.8. The van der Waals surface area contributed by atoms with Crippen molar-refractivity contribution in [1.82, 2.24) is 0 Å². The van der Waals surface area contributed by atoms with Crippen LogP contribution in [0.15, 0.2) is 303 Å². The van der Waals surface area contributed by atoms with Gasteiger partial charge in [-0.05, 0) is 353 Å². The molecule has 0 saturated heterocycles. The molecule has 0 amide bonds. The second kappa shape index (κ2) is 26.8. The van der Waals surface area contributed by atoms with Crippen molar-refractivity contribution >= 4 is 110 Å². The number of anilines is 8. The van der Waals surface area contributed by atoms with Gasteiger partial charge in [-0.25, -0.2) is 0 Å². The van der Waals surface area contributed by atoms with E-state index in [2.05, 4.69) is 406 Å². The van der Waals surface area contributed by atoms with Gasteiger partial charge in [-0.2, -0.15) is 0 Å². The third-order valence-corrected chi connectivity index (χ3v) is 37.1. The molecular weight excluding hydrogens is 1520 g/mol. The van der Waals surface area contributed by atoms with E-state index in [1.165, 1.54) is 251 Å². The normalized spacial score (nSPS) is 27.7. The first-order valence-electron chi connectivity index (χ1n) is 47.8. The summed E-state index contributed by atoms with van der Waals surface area (Å²) < 4.78 is 0. The Kier molecular flexibility index (Phi) is 16.3. The van der Waals surface area contributed by atoms with Crippen molar-refractivity contribution in [2.75, 3.05) is 19.6 Å². The summed E-state index contributed by atoms with van der Waals surface area (Å²) in [7, 11) is 0. The van der Waals surface area contributed by atoms with Gasteiger partial charge in [0.15, 0.2) is 0 Å². The first-order valence-corrected chi connectivity index (χ1v) is 47.8. The Bertz CT molecular complexity index is 6520. The Hall–Kier alpha value is -12.0. The standard InChI is InChI=1S/C122H114N4/c1-75-35-31-67-115(5)97-71-81(51-63-101(97)123(119(75,115)9)85-43-23-15-24-44-85)89-55-59-93-109-94(60-56-90(107(89)109)82-52-64-102-98(72-82)116(6)68-32-36-76(2)120(116,10)124(102)86-45-25-16-26-46-86)112-106(80-41-21-14-22-42-80)114-96-62-58-92(84-54-66-104-100(74-84)118(8)70-34-38-78(4)122(118,12)126(104)88-49-29-18-30-50-88)108-91(57-61-95(110(96)108)113(114)105(111(93)112)79-39-19-13-20-40-79)83-53-65-103-99(73-83)117(7)69-33-37-77(3)121(117,11)125(103)87-47-27-17-28-48-87/h13-30,39-66,71-78H,31-38,67-70H2,1-12H3. The topological polar surface area (TPSA) is 13.0 Å². The summed E-state index contributed by atoms with van der Waals surface area (Å²) in [6, 6.07) is 120. The highest BCUT2D eigenvalue weighted by Gasteiger charge is 2.65. The van der Waals surface area contributed by atoms with Gasteiger partial charge in [-0.15, -0.1) is 0 Å². The first-order chi connectivity index (χ1) is 61.2. The van der Waals surface area contributed by atoms with Gasteiger partial charge in [-0.3, -0.25) is 0 Å². The van der Waals surface area contributed by atoms with Gasteiger partial charge in [0.25, 0.3) is 0 Å². The molecule has 25 rings (SSSR count). The van der Waals surface area contributed by atoms with E-state index in [0.29, 0.717) is 23.7 Å². The molecule has 4 aliphatic heterocycles. The number of benzene rings is 15. The average Bonchev–Trinajstić information content (AvgIpc) is 1.51. The number of rotatable bonds is 10. The van der Waals surface area contributed by atoms with E-state index in [0.717, 1.165) is 25.7 Å². The highest BCUT2D eigenvalue weighted by Crippen LogP contribution is 2.70. The summed E-state index contributed by atoms with van der Waals surface area (Å²) in [6.07, 6.45) is 14.2. The predicted octanol–water partition coefficient (Wildman–Crippen LogP) is 33.4. The summed E-state index contributed by atoms with van der Waals surface area (Å²) >= 11 is 0. The van der Waals surface area contributed by atoms with E-state index in [1.54, 1.807) is 0 Å². The highest BCUT2D eigenvalue weighted by molar-refractivity contribution is 6.48. The number of para-hydroxylation sites is 4. The Morgan fingerprint density at radius 2 is 0.429 bits per heavy atom. The molecule has 8 aliphatic rings. The van der Waals surface area contributed by atoms with E-state index in [-0.39, 0.29) is 43.8 Å². The van der Waals surface area contributed by atoms with Crippen molar-refractivity contribution in [2.45, 2.75) is 204 Å². The average molecular weight is 1640 g/mol. The number of fused-ring (bicyclic) bond motifs is 18. The van der Waals surface area contributed by atoms with E-state index >= 15 is 0 Å². The van der Waals surface area contributed by atoms with Crippen LogP contribution in [0.1, 0.15) is 182 Å². The molecule has 4 nitrogen and oxygen atoms in total. The second-order valence-corrected chi connectivity index (χ2v) is 41.8. The van der Waals surface area contributed by atoms with Crippen molar-refractivity contribution in [3.8, 4) is 66.8 Å². The second-order valence-electron chi connectivity index (χ2n) is 41.8. The van der Waals surface area contributed by atoms with E-state index in [4.69, 9.17) is 0 Å². The largest absolute Gasteiger partial charge is 0.334 e. The molecular formula is C122H114N4. The van der Waals surface area contributed by atoms with Gasteiger partial charge in [0.1, 0.15) is 0 Å². The van der Waals surface area contributed by atoms with Crippen molar-refractivity contribution < 1.29 is 0 Å². The van der Waals surface area contributed by atoms with Crippen LogP contribution in [0, 0.1) is 23.7 Å². The molecule has 12 atom stereocenters. The lowest BCUT2D eigenvalue weighted by atomic mass is 9.57. The Labute approximate surface area is 744 Å². The van der Waals surface area contributed by atoms with Gasteiger partial charge in [0, 0.05) is 67.2 Å². The van der Waals surface area contributed by atoms with Crippen LogP contribution in [-0.4, -0.2) is 22.2 Å². The lowest BCUT2D eigenvalue weighted by molar-refractivity contribution is 0.130. The molecule has 4 saturated carbocycles. The number of hydrogen-bond acceptors (Lipinski definition) is 4. The molecule has 0 spiro atoms. The Morgan fingerprint density at radius 1 is 0.214 bits per heavy atom. The summed E-state index contributed by atoms with van der Waals surface area (Å²) in [6.45, 7) is 31.1. The Balaban J connectivity index is 0.797. The van der Waals surface area contributed by atoms with Crippen molar-refractivity contribution in [3.63, 3.8) is 0 Å². The minimum atomic E-state index is -0.140. The van der Waals surface area contributed by atoms with Crippen LogP contribution in [-0.2, 0) is 21.7 Å². The molecule has 0 N–H and O–H groups in total. The zero-order chi connectivity index (χ0) is 85.2. The third-order valence-electron chi connectivity index (χ3n) is 37.1. The maximum absolute atomic E-state index is 2.77. The number of nitrogens with zero attached hydrogens (tertiary/aromatic N) is 4. The smallest absolute Gasteiger partial charge is 0.0543 e. The summed E-state index contributed by atoms with van der Waals surface area (Å²) in [4.78, 5) is 11.1. The molecule has 4 heteroatoms.